The Labute approximate surface area is 179 Å². The lowest BCUT2D eigenvalue weighted by atomic mass is 9.60. The number of amides is 3. The molecular weight excluding hydrogens is 380 g/mol. The quantitative estimate of drug-likeness (QED) is 0.804. The van der Waals surface area contributed by atoms with Gasteiger partial charge < -0.3 is 19.9 Å². The molecule has 2 spiro atoms. The predicted octanol–water partition coefficient (Wildman–Crippen LogP) is 2.50. The normalized spacial score (nSPS) is 26.1. The number of para-hydroxylation sites is 1. The molecule has 164 valence electrons. The predicted molar refractivity (Wildman–Crippen MR) is 116 cm³/mol. The van der Waals surface area contributed by atoms with Crippen LogP contribution in [0.2, 0.25) is 0 Å². The summed E-state index contributed by atoms with van der Waals surface area (Å²) in [6.07, 6.45) is 2.68. The highest BCUT2D eigenvalue weighted by Gasteiger charge is 2.64. The third kappa shape index (κ3) is 3.58. The smallest absolute Gasteiger partial charge is 0.321 e. The van der Waals surface area contributed by atoms with Crippen molar-refractivity contribution >= 4 is 17.6 Å². The van der Waals surface area contributed by atoms with Crippen molar-refractivity contribution in [1.29, 1.82) is 0 Å². The van der Waals surface area contributed by atoms with Crippen LogP contribution in [0.5, 0.6) is 0 Å². The Kier molecular flexibility index (Phi) is 6.02. The number of anilines is 1. The molecule has 3 amide bonds. The molecule has 3 aliphatic rings. The summed E-state index contributed by atoms with van der Waals surface area (Å²) < 4.78 is 5.31. The van der Waals surface area contributed by atoms with Crippen molar-refractivity contribution in [3.05, 3.63) is 30.3 Å². The molecule has 3 heterocycles. The number of ether oxygens (including phenoxy) is 1. The number of likely N-dealkylation sites (tertiary alicyclic amines) is 3. The van der Waals surface area contributed by atoms with Gasteiger partial charge in [0.2, 0.25) is 5.91 Å². The van der Waals surface area contributed by atoms with Gasteiger partial charge in [-0.3, -0.25) is 9.69 Å². The van der Waals surface area contributed by atoms with Gasteiger partial charge in [-0.2, -0.15) is 0 Å². The summed E-state index contributed by atoms with van der Waals surface area (Å²) in [7, 11) is 1.73. The average Bonchev–Trinajstić information content (AvgIpc) is 3.25. The van der Waals surface area contributed by atoms with E-state index in [0.29, 0.717) is 25.6 Å². The molecule has 4 rings (SSSR count). The van der Waals surface area contributed by atoms with Crippen LogP contribution < -0.4 is 5.32 Å². The number of hydrogen-bond donors (Lipinski definition) is 1. The van der Waals surface area contributed by atoms with Crippen LogP contribution in [0, 0.1) is 10.8 Å². The third-order valence-corrected chi connectivity index (χ3v) is 7.57. The summed E-state index contributed by atoms with van der Waals surface area (Å²) in [5.41, 5.74) is 0.458. The van der Waals surface area contributed by atoms with E-state index in [1.165, 1.54) is 0 Å². The number of rotatable bonds is 5. The number of carbonyl (C=O) groups excluding carboxylic acids is 2. The maximum atomic E-state index is 13.5. The minimum atomic E-state index is -0.307. The molecule has 0 saturated carbocycles. The zero-order valence-electron chi connectivity index (χ0n) is 18.2. The first kappa shape index (κ1) is 21.1. The molecule has 7 nitrogen and oxygen atoms in total. The highest BCUT2D eigenvalue weighted by molar-refractivity contribution is 5.89. The molecule has 1 aromatic rings. The van der Waals surface area contributed by atoms with E-state index in [9.17, 15) is 9.59 Å². The lowest BCUT2D eigenvalue weighted by Gasteiger charge is -2.47. The van der Waals surface area contributed by atoms with Gasteiger partial charge in [-0.05, 0) is 38.3 Å². The zero-order valence-corrected chi connectivity index (χ0v) is 18.2. The van der Waals surface area contributed by atoms with Gasteiger partial charge in [-0.1, -0.05) is 18.2 Å². The molecule has 0 aromatic heterocycles. The van der Waals surface area contributed by atoms with E-state index < -0.39 is 0 Å². The lowest BCUT2D eigenvalue weighted by molar-refractivity contribution is -0.141. The standard InChI is InChI=1S/C23H34N4O3/c1-3-26-14-11-23(20(26)28)18-25(15-16-30-2)17-22(23)9-12-27(13-10-22)21(29)24-19-7-5-4-6-8-19/h4-8H,3,9-18H2,1-2H3,(H,24,29). The molecule has 1 N–H and O–H groups in total. The number of benzene rings is 1. The Morgan fingerprint density at radius 3 is 2.47 bits per heavy atom. The largest absolute Gasteiger partial charge is 0.383 e. The number of hydrogen-bond acceptors (Lipinski definition) is 4. The summed E-state index contributed by atoms with van der Waals surface area (Å²) in [6.45, 7) is 8.37. The summed E-state index contributed by atoms with van der Waals surface area (Å²) in [4.78, 5) is 32.6. The zero-order chi connectivity index (χ0) is 21.2. The van der Waals surface area contributed by atoms with Gasteiger partial charge in [-0.25, -0.2) is 4.79 Å². The van der Waals surface area contributed by atoms with E-state index >= 15 is 0 Å². The van der Waals surface area contributed by atoms with Crippen molar-refractivity contribution in [2.75, 3.05) is 64.8 Å². The Balaban J connectivity index is 1.48. The first-order valence-corrected chi connectivity index (χ1v) is 11.2. The molecule has 30 heavy (non-hydrogen) atoms. The molecule has 1 unspecified atom stereocenters. The molecule has 0 radical (unpaired) electrons. The third-order valence-electron chi connectivity index (χ3n) is 7.57. The summed E-state index contributed by atoms with van der Waals surface area (Å²) in [6, 6.07) is 9.53. The second-order valence-electron chi connectivity index (χ2n) is 8.98. The van der Waals surface area contributed by atoms with Gasteiger partial charge in [0.15, 0.2) is 0 Å². The van der Waals surface area contributed by atoms with Crippen LogP contribution >= 0.6 is 0 Å². The van der Waals surface area contributed by atoms with Crippen molar-refractivity contribution in [3.63, 3.8) is 0 Å². The van der Waals surface area contributed by atoms with Gasteiger partial charge >= 0.3 is 6.03 Å². The van der Waals surface area contributed by atoms with Crippen LogP contribution in [0.1, 0.15) is 26.2 Å². The first-order valence-electron chi connectivity index (χ1n) is 11.2. The fourth-order valence-corrected chi connectivity index (χ4v) is 5.84. The number of methoxy groups -OCH3 is 1. The first-order chi connectivity index (χ1) is 14.5. The molecule has 3 fully saturated rings. The van der Waals surface area contributed by atoms with Crippen LogP contribution in [0.25, 0.3) is 0 Å². The van der Waals surface area contributed by atoms with Gasteiger partial charge in [0, 0.05) is 64.0 Å². The minimum Gasteiger partial charge on any atom is -0.383 e. The van der Waals surface area contributed by atoms with Crippen LogP contribution in [0.4, 0.5) is 10.5 Å². The Bertz CT molecular complexity index is 763. The molecule has 7 heteroatoms. The fraction of sp³-hybridized carbons (Fsp3) is 0.652. The Hall–Kier alpha value is -2.12. The van der Waals surface area contributed by atoms with E-state index in [2.05, 4.69) is 17.1 Å². The maximum Gasteiger partial charge on any atom is 0.321 e. The second-order valence-corrected chi connectivity index (χ2v) is 8.98. The maximum absolute atomic E-state index is 13.5. The average molecular weight is 415 g/mol. The van der Waals surface area contributed by atoms with Crippen LogP contribution in [0.3, 0.4) is 0 Å². The Morgan fingerprint density at radius 2 is 1.83 bits per heavy atom. The lowest BCUT2D eigenvalue weighted by Crippen LogP contribution is -2.54. The monoisotopic (exact) mass is 414 g/mol. The van der Waals surface area contributed by atoms with E-state index in [4.69, 9.17) is 4.74 Å². The van der Waals surface area contributed by atoms with E-state index in [1.54, 1.807) is 7.11 Å². The van der Waals surface area contributed by atoms with Crippen molar-refractivity contribution in [3.8, 4) is 0 Å². The second kappa shape index (κ2) is 8.55. The number of carbonyl (C=O) groups is 2. The van der Waals surface area contributed by atoms with E-state index in [-0.39, 0.29) is 16.9 Å². The number of fused-ring (bicyclic) bond motifs is 1. The topological polar surface area (TPSA) is 65.1 Å². The summed E-state index contributed by atoms with van der Waals surface area (Å²) in [5, 5.41) is 3.00. The number of nitrogens with one attached hydrogen (secondary N) is 1. The molecule has 0 bridgehead atoms. The van der Waals surface area contributed by atoms with Crippen LogP contribution in [-0.4, -0.2) is 86.2 Å². The number of nitrogens with zero attached hydrogens (tertiary/aromatic N) is 3. The number of piperidine rings is 1. The molecule has 3 aliphatic heterocycles. The van der Waals surface area contributed by atoms with Crippen LogP contribution in [-0.2, 0) is 9.53 Å². The summed E-state index contributed by atoms with van der Waals surface area (Å²) in [5.74, 6) is 0.326. The van der Waals surface area contributed by atoms with Crippen molar-refractivity contribution < 1.29 is 14.3 Å². The van der Waals surface area contributed by atoms with E-state index in [0.717, 1.165) is 57.7 Å². The van der Waals surface area contributed by atoms with Crippen LogP contribution in [0.15, 0.2) is 30.3 Å². The Morgan fingerprint density at radius 1 is 1.10 bits per heavy atom. The highest BCUT2D eigenvalue weighted by atomic mass is 16.5. The van der Waals surface area contributed by atoms with Crippen molar-refractivity contribution in [1.82, 2.24) is 14.7 Å². The van der Waals surface area contributed by atoms with Crippen molar-refractivity contribution in [2.24, 2.45) is 10.8 Å². The number of urea groups is 1. The van der Waals surface area contributed by atoms with Gasteiger partial charge in [0.05, 0.1) is 12.0 Å². The SMILES string of the molecule is CCN1CCC2(CN(CCOC)CC23CCN(C(=O)Nc2ccccc2)CC3)C1=O. The summed E-state index contributed by atoms with van der Waals surface area (Å²) >= 11 is 0. The van der Waals surface area contributed by atoms with Gasteiger partial charge in [-0.15, -0.1) is 0 Å². The van der Waals surface area contributed by atoms with Crippen molar-refractivity contribution in [2.45, 2.75) is 26.2 Å². The minimum absolute atomic E-state index is 0.0488. The van der Waals surface area contributed by atoms with E-state index in [1.807, 2.05) is 40.1 Å². The molecule has 0 aliphatic carbocycles. The highest BCUT2D eigenvalue weighted by Crippen LogP contribution is 2.57. The molecule has 3 saturated heterocycles. The fourth-order valence-electron chi connectivity index (χ4n) is 5.84. The molecule has 1 aromatic carbocycles. The molecule has 1 atom stereocenters. The molecular formula is C23H34N4O3. The van der Waals surface area contributed by atoms with Gasteiger partial charge in [0.25, 0.3) is 0 Å². The van der Waals surface area contributed by atoms with Gasteiger partial charge in [0.1, 0.15) is 0 Å².